The number of rotatable bonds is 3. The van der Waals surface area contributed by atoms with Crippen LogP contribution in [0.2, 0.25) is 0 Å². The lowest BCUT2D eigenvalue weighted by atomic mass is 9.90. The second kappa shape index (κ2) is 5.01. The molecule has 0 bridgehead atoms. The number of benzene rings is 1. The van der Waals surface area contributed by atoms with Gasteiger partial charge in [-0.3, -0.25) is 0 Å². The van der Waals surface area contributed by atoms with Crippen LogP contribution < -0.4 is 5.32 Å². The van der Waals surface area contributed by atoms with Gasteiger partial charge in [-0.15, -0.1) is 10.2 Å². The minimum absolute atomic E-state index is 0.230. The minimum Gasteiger partial charge on any atom is -0.480 e. The Bertz CT molecular complexity index is 640. The highest BCUT2D eigenvalue weighted by Crippen LogP contribution is 2.25. The first-order chi connectivity index (χ1) is 9.70. The molecule has 0 spiro atoms. The molecule has 1 aliphatic heterocycles. The van der Waals surface area contributed by atoms with Crippen LogP contribution in [0.1, 0.15) is 12.8 Å². The van der Waals surface area contributed by atoms with Crippen molar-refractivity contribution in [2.24, 2.45) is 0 Å². The van der Waals surface area contributed by atoms with E-state index in [2.05, 4.69) is 20.5 Å². The molecule has 0 unspecified atom stereocenters. The van der Waals surface area contributed by atoms with Crippen LogP contribution in [0.4, 0.5) is 5.95 Å². The highest BCUT2D eigenvalue weighted by atomic mass is 16.5. The average Bonchev–Trinajstić information content (AvgIpc) is 2.48. The number of carbonyl (C=O) groups is 1. The number of hydrogen-bond acceptors (Lipinski definition) is 6. The first-order valence-corrected chi connectivity index (χ1v) is 6.38. The zero-order chi connectivity index (χ0) is 14.0. The summed E-state index contributed by atoms with van der Waals surface area (Å²) in [5.41, 5.74) is 0.273. The molecule has 1 aromatic heterocycles. The molecule has 0 amide bonds. The summed E-state index contributed by atoms with van der Waals surface area (Å²) in [6, 6.07) is 7.32. The minimum atomic E-state index is -1.08. The van der Waals surface area contributed by atoms with Crippen molar-refractivity contribution in [2.75, 3.05) is 18.5 Å². The number of hydrogen-bond donors (Lipinski definition) is 2. The molecule has 1 aliphatic rings. The smallest absolute Gasteiger partial charge is 0.329 e. The van der Waals surface area contributed by atoms with Crippen LogP contribution in [-0.4, -0.2) is 45.0 Å². The summed E-state index contributed by atoms with van der Waals surface area (Å²) in [4.78, 5) is 15.9. The first-order valence-electron chi connectivity index (χ1n) is 6.38. The lowest BCUT2D eigenvalue weighted by Crippen LogP contribution is -2.50. The Hall–Kier alpha value is -2.28. The summed E-state index contributed by atoms with van der Waals surface area (Å²) in [5, 5.41) is 20.4. The Morgan fingerprint density at radius 1 is 1.20 bits per heavy atom. The van der Waals surface area contributed by atoms with Gasteiger partial charge in [-0.05, 0) is 12.1 Å². The van der Waals surface area contributed by atoms with Crippen LogP contribution >= 0.6 is 0 Å². The van der Waals surface area contributed by atoms with Crippen LogP contribution in [0.15, 0.2) is 24.3 Å². The Morgan fingerprint density at radius 2 is 1.90 bits per heavy atom. The third-order valence-corrected chi connectivity index (χ3v) is 3.47. The maximum absolute atomic E-state index is 11.6. The number of fused-ring (bicyclic) bond motifs is 1. The third-order valence-electron chi connectivity index (χ3n) is 3.47. The molecular weight excluding hydrogens is 260 g/mol. The van der Waals surface area contributed by atoms with Gasteiger partial charge in [0, 0.05) is 26.1 Å². The van der Waals surface area contributed by atoms with Crippen molar-refractivity contribution in [1.29, 1.82) is 0 Å². The molecule has 3 rings (SSSR count). The molecule has 0 saturated carbocycles. The summed E-state index contributed by atoms with van der Waals surface area (Å²) in [5.74, 6) is -0.689. The van der Waals surface area contributed by atoms with E-state index in [9.17, 15) is 9.90 Å². The number of para-hydroxylation sites is 1. The van der Waals surface area contributed by atoms with E-state index in [1.807, 2.05) is 18.2 Å². The van der Waals surface area contributed by atoms with Gasteiger partial charge in [-0.25, -0.2) is 9.78 Å². The standard InChI is InChI=1S/C13H14N4O3/c18-11(19)13(5-7-20-8-6-13)15-12-14-9-3-1-2-4-10(9)16-17-12/h1-4H,5-8H2,(H,18,19)(H,14,15,17). The Kier molecular flexibility index (Phi) is 3.19. The lowest BCUT2D eigenvalue weighted by Gasteiger charge is -2.33. The maximum atomic E-state index is 11.6. The second-order valence-electron chi connectivity index (χ2n) is 4.75. The van der Waals surface area contributed by atoms with E-state index in [1.165, 1.54) is 0 Å². The van der Waals surface area contributed by atoms with Crippen molar-refractivity contribution in [2.45, 2.75) is 18.4 Å². The van der Waals surface area contributed by atoms with E-state index in [0.717, 1.165) is 0 Å². The van der Waals surface area contributed by atoms with Crippen molar-refractivity contribution in [3.63, 3.8) is 0 Å². The molecular formula is C13H14N4O3. The Balaban J connectivity index is 1.92. The quantitative estimate of drug-likeness (QED) is 0.863. The van der Waals surface area contributed by atoms with Gasteiger partial charge < -0.3 is 15.2 Å². The van der Waals surface area contributed by atoms with Crippen LogP contribution in [0.3, 0.4) is 0 Å². The molecule has 0 radical (unpaired) electrons. The molecule has 2 aromatic rings. The number of aromatic nitrogens is 3. The number of aliphatic carboxylic acids is 1. The van der Waals surface area contributed by atoms with Crippen molar-refractivity contribution in [1.82, 2.24) is 15.2 Å². The highest BCUT2D eigenvalue weighted by molar-refractivity contribution is 5.82. The van der Waals surface area contributed by atoms with Crippen LogP contribution in [0.5, 0.6) is 0 Å². The maximum Gasteiger partial charge on any atom is 0.329 e. The van der Waals surface area contributed by atoms with Gasteiger partial charge in [0.1, 0.15) is 11.1 Å². The fraction of sp³-hybridized carbons (Fsp3) is 0.385. The van der Waals surface area contributed by atoms with Crippen molar-refractivity contribution >= 4 is 23.0 Å². The second-order valence-corrected chi connectivity index (χ2v) is 4.75. The molecule has 7 nitrogen and oxygen atoms in total. The molecule has 20 heavy (non-hydrogen) atoms. The van der Waals surface area contributed by atoms with E-state index >= 15 is 0 Å². The van der Waals surface area contributed by atoms with Crippen molar-refractivity contribution < 1.29 is 14.6 Å². The summed E-state index contributed by atoms with van der Waals surface area (Å²) in [7, 11) is 0. The van der Waals surface area contributed by atoms with Crippen LogP contribution in [0.25, 0.3) is 11.0 Å². The summed E-state index contributed by atoms with van der Waals surface area (Å²) >= 11 is 0. The number of nitrogens with zero attached hydrogens (tertiary/aromatic N) is 3. The summed E-state index contributed by atoms with van der Waals surface area (Å²) < 4.78 is 5.22. The highest BCUT2D eigenvalue weighted by Gasteiger charge is 2.41. The first kappa shape index (κ1) is 12.7. The predicted octanol–water partition coefficient (Wildman–Crippen LogP) is 1.07. The number of ether oxygens (including phenoxy) is 1. The number of carboxylic acids is 1. The number of carboxylic acid groups (broad SMARTS) is 1. The van der Waals surface area contributed by atoms with Crippen molar-refractivity contribution in [3.8, 4) is 0 Å². The molecule has 1 fully saturated rings. The van der Waals surface area contributed by atoms with E-state index in [0.29, 0.717) is 37.1 Å². The van der Waals surface area contributed by atoms with Crippen molar-refractivity contribution in [3.05, 3.63) is 24.3 Å². The van der Waals surface area contributed by atoms with Crippen LogP contribution in [0, 0.1) is 0 Å². The monoisotopic (exact) mass is 274 g/mol. The van der Waals surface area contributed by atoms with Gasteiger partial charge in [-0.2, -0.15) is 0 Å². The number of anilines is 1. The summed E-state index contributed by atoms with van der Waals surface area (Å²) in [6.45, 7) is 0.806. The fourth-order valence-corrected chi connectivity index (χ4v) is 2.26. The Morgan fingerprint density at radius 3 is 2.60 bits per heavy atom. The Labute approximate surface area is 115 Å². The third kappa shape index (κ3) is 2.27. The van der Waals surface area contributed by atoms with Crippen LogP contribution in [-0.2, 0) is 9.53 Å². The summed E-state index contributed by atoms with van der Waals surface area (Å²) in [6.07, 6.45) is 0.747. The molecule has 1 aromatic carbocycles. The zero-order valence-corrected chi connectivity index (χ0v) is 10.7. The van der Waals surface area contributed by atoms with Gasteiger partial charge in [0.2, 0.25) is 5.95 Å². The zero-order valence-electron chi connectivity index (χ0n) is 10.7. The molecule has 0 atom stereocenters. The topological polar surface area (TPSA) is 97.2 Å². The fourth-order valence-electron chi connectivity index (χ4n) is 2.26. The van der Waals surface area contributed by atoms with Gasteiger partial charge in [0.15, 0.2) is 0 Å². The molecule has 2 heterocycles. The largest absolute Gasteiger partial charge is 0.480 e. The molecule has 2 N–H and O–H groups in total. The lowest BCUT2D eigenvalue weighted by molar-refractivity contribution is -0.145. The molecule has 7 heteroatoms. The number of nitrogens with one attached hydrogen (secondary N) is 1. The molecule has 0 aliphatic carbocycles. The van der Waals surface area contributed by atoms with E-state index in [1.54, 1.807) is 6.07 Å². The predicted molar refractivity (Wildman–Crippen MR) is 71.4 cm³/mol. The van der Waals surface area contributed by atoms with Gasteiger partial charge >= 0.3 is 5.97 Å². The van der Waals surface area contributed by atoms with Gasteiger partial charge in [-0.1, -0.05) is 12.1 Å². The van der Waals surface area contributed by atoms with Gasteiger partial charge in [0.05, 0.1) is 5.52 Å². The molecule has 104 valence electrons. The van der Waals surface area contributed by atoms with Gasteiger partial charge in [0.25, 0.3) is 0 Å². The SMILES string of the molecule is O=C(O)C1(Nc2nnc3ccccc3n2)CCOCC1. The van der Waals surface area contributed by atoms with E-state index < -0.39 is 11.5 Å². The normalized spacial score (nSPS) is 17.8. The average molecular weight is 274 g/mol. The van der Waals surface area contributed by atoms with E-state index in [-0.39, 0.29) is 5.95 Å². The molecule has 1 saturated heterocycles. The van der Waals surface area contributed by atoms with E-state index in [4.69, 9.17) is 4.74 Å².